The number of allylic oxidation sites excluding steroid dienone is 6. The van der Waals surface area contributed by atoms with Crippen LogP contribution in [0.4, 0.5) is 45.5 Å². The number of nitrogens with zero attached hydrogens (tertiary/aromatic N) is 3. The van der Waals surface area contributed by atoms with Gasteiger partial charge in [0, 0.05) is 50.4 Å². The van der Waals surface area contributed by atoms with Crippen LogP contribution in [0, 0.1) is 5.92 Å². The topological polar surface area (TPSA) is 9.72 Å². The Balaban J connectivity index is 1.14. The molecule has 2 aliphatic carbocycles. The van der Waals surface area contributed by atoms with Gasteiger partial charge in [0.15, 0.2) is 0 Å². The van der Waals surface area contributed by atoms with E-state index in [0.29, 0.717) is 10.9 Å². The number of benzene rings is 7. The molecule has 1 unspecified atom stereocenters. The van der Waals surface area contributed by atoms with Gasteiger partial charge in [0.25, 0.3) is 0 Å². The molecular formula is C67H68ClN3S. The summed E-state index contributed by atoms with van der Waals surface area (Å²) in [5.74, 6) is 0.290. The minimum absolute atomic E-state index is 0.00278. The number of rotatable bonds is 10. The average molecular weight is 983 g/mol. The molecule has 1 heterocycles. The minimum atomic E-state index is -0.0132. The zero-order chi connectivity index (χ0) is 50.9. The number of thioether (sulfide) groups is 1. The summed E-state index contributed by atoms with van der Waals surface area (Å²) in [7, 11) is 0. The maximum atomic E-state index is 8.11. The fraction of sp³-hybridized carbons (Fsp3) is 0.254. The van der Waals surface area contributed by atoms with Crippen molar-refractivity contribution in [2.45, 2.75) is 105 Å². The van der Waals surface area contributed by atoms with Gasteiger partial charge >= 0.3 is 0 Å². The molecule has 5 heteroatoms. The van der Waals surface area contributed by atoms with Gasteiger partial charge in [0.2, 0.25) is 0 Å². The molecule has 3 nitrogen and oxygen atoms in total. The average Bonchev–Trinajstić information content (AvgIpc) is 4.07. The molecule has 0 amide bonds. The molecule has 0 spiro atoms. The van der Waals surface area contributed by atoms with Crippen molar-refractivity contribution in [3.63, 3.8) is 0 Å². The molecule has 0 saturated heterocycles. The van der Waals surface area contributed by atoms with Gasteiger partial charge < -0.3 is 14.7 Å². The fourth-order valence-corrected chi connectivity index (χ4v) is 11.4. The van der Waals surface area contributed by atoms with Crippen molar-refractivity contribution < 1.29 is 0 Å². The van der Waals surface area contributed by atoms with Crippen LogP contribution in [-0.2, 0) is 21.7 Å². The Hall–Kier alpha value is -6.46. The summed E-state index contributed by atoms with van der Waals surface area (Å²) in [6.07, 6.45) is 4.79. The van der Waals surface area contributed by atoms with Crippen molar-refractivity contribution in [3.8, 4) is 0 Å². The molecule has 7 aromatic carbocycles. The fourth-order valence-electron chi connectivity index (χ4n) is 10.0. The molecule has 1 aliphatic heterocycles. The van der Waals surface area contributed by atoms with Crippen LogP contribution in [0.3, 0.4) is 0 Å². The van der Waals surface area contributed by atoms with Crippen molar-refractivity contribution in [2.24, 2.45) is 5.92 Å². The molecule has 0 aromatic heterocycles. The van der Waals surface area contributed by atoms with E-state index >= 15 is 0 Å². The highest BCUT2D eigenvalue weighted by Crippen LogP contribution is 2.62. The predicted octanol–water partition coefficient (Wildman–Crippen LogP) is 20.1. The molecule has 72 heavy (non-hydrogen) atoms. The lowest BCUT2D eigenvalue weighted by molar-refractivity contribution is 0.590. The van der Waals surface area contributed by atoms with Crippen molar-refractivity contribution in [2.75, 3.05) is 14.7 Å². The third-order valence-corrected chi connectivity index (χ3v) is 15.9. The summed E-state index contributed by atoms with van der Waals surface area (Å²) in [5.41, 5.74) is 19.6. The van der Waals surface area contributed by atoms with Crippen LogP contribution >= 0.6 is 23.4 Å². The monoisotopic (exact) mass is 981 g/mol. The number of hydrogen-bond donors (Lipinski definition) is 0. The number of halogens is 1. The van der Waals surface area contributed by atoms with Crippen LogP contribution in [0.2, 0.25) is 5.02 Å². The molecule has 0 fully saturated rings. The molecule has 3 aliphatic rings. The van der Waals surface area contributed by atoms with E-state index in [1.165, 1.54) is 49.4 Å². The molecule has 1 atom stereocenters. The van der Waals surface area contributed by atoms with Crippen LogP contribution in [0.15, 0.2) is 209 Å². The zero-order valence-corrected chi connectivity index (χ0v) is 45.7. The Morgan fingerprint density at radius 3 is 1.26 bits per heavy atom. The van der Waals surface area contributed by atoms with E-state index in [-0.39, 0.29) is 21.7 Å². The van der Waals surface area contributed by atoms with E-state index < -0.39 is 0 Å². The molecule has 0 radical (unpaired) electrons. The number of hydrogen-bond acceptors (Lipinski definition) is 4. The zero-order valence-electron chi connectivity index (χ0n) is 44.1. The minimum Gasteiger partial charge on any atom is -0.310 e. The summed E-state index contributed by atoms with van der Waals surface area (Å²) >= 11 is 9.96. The van der Waals surface area contributed by atoms with E-state index in [0.717, 1.165) is 51.2 Å². The van der Waals surface area contributed by atoms with Gasteiger partial charge in [-0.2, -0.15) is 0 Å². The second-order valence-electron chi connectivity index (χ2n) is 23.8. The summed E-state index contributed by atoms with van der Waals surface area (Å²) in [6.45, 7) is 27.2. The Morgan fingerprint density at radius 2 is 0.806 bits per heavy atom. The van der Waals surface area contributed by atoms with Crippen molar-refractivity contribution in [3.05, 3.63) is 242 Å². The standard InChI is InChI=1S/C67H68ClN3S/c1-64(2,3)46-24-32-50(33-25-46)69(51-34-26-47(27-35-51)65(4,5)6)54-20-16-21-55(42-54)70(52-36-28-48(29-37-52)66(7,8)9)58-22-17-23-59(62(58)68)71(53-38-30-49(31-39-53)67(10,11)12)60-43-72-63-57-41-45(40-56(60)61(57)63)44-18-14-13-15-19-44/h13-43,61H,1-12H3. The highest BCUT2D eigenvalue weighted by molar-refractivity contribution is 8.06. The first kappa shape index (κ1) is 49.1. The Bertz CT molecular complexity index is 3220. The second kappa shape index (κ2) is 18.5. The second-order valence-corrected chi connectivity index (χ2v) is 25.1. The van der Waals surface area contributed by atoms with Crippen molar-refractivity contribution in [1.82, 2.24) is 0 Å². The van der Waals surface area contributed by atoms with Gasteiger partial charge in [-0.05, 0) is 157 Å². The highest BCUT2D eigenvalue weighted by Gasteiger charge is 2.46. The van der Waals surface area contributed by atoms with Crippen LogP contribution in [-0.4, -0.2) is 0 Å². The molecule has 0 bridgehead atoms. The van der Waals surface area contributed by atoms with Crippen LogP contribution in [0.1, 0.15) is 111 Å². The third-order valence-electron chi connectivity index (χ3n) is 14.4. The van der Waals surface area contributed by atoms with Gasteiger partial charge in [0.05, 0.1) is 22.1 Å². The predicted molar refractivity (Wildman–Crippen MR) is 313 cm³/mol. The summed E-state index contributed by atoms with van der Waals surface area (Å²) < 4.78 is 0. The molecule has 0 N–H and O–H groups in total. The first-order chi connectivity index (χ1) is 34.1. The van der Waals surface area contributed by atoms with Crippen molar-refractivity contribution in [1.29, 1.82) is 0 Å². The quantitative estimate of drug-likeness (QED) is 0.135. The van der Waals surface area contributed by atoms with Gasteiger partial charge in [-0.3, -0.25) is 0 Å². The van der Waals surface area contributed by atoms with Crippen LogP contribution in [0.5, 0.6) is 0 Å². The van der Waals surface area contributed by atoms with E-state index in [2.05, 4.69) is 285 Å². The summed E-state index contributed by atoms with van der Waals surface area (Å²) in [5, 5.41) is 3.00. The van der Waals surface area contributed by atoms with Gasteiger partial charge in [0.1, 0.15) is 0 Å². The smallest absolute Gasteiger partial charge is 0.0887 e. The molecule has 7 aromatic rings. The van der Waals surface area contributed by atoms with Gasteiger partial charge in [-0.1, -0.05) is 197 Å². The van der Waals surface area contributed by atoms with E-state index in [1.54, 1.807) is 0 Å². The Morgan fingerprint density at radius 1 is 0.403 bits per heavy atom. The third kappa shape index (κ3) is 9.64. The SMILES string of the molecule is CC(C)(C)c1ccc(N(C2=CSC3=C4C=C(c5ccccc5)C=C2C43)c2cccc(N(c3ccc(C(C)(C)C)cc3)c3cccc(N(c4ccc(C(C)(C)C)cc4)c4ccc(C(C)(C)C)cc4)c3)c2Cl)cc1. The first-order valence-corrected chi connectivity index (χ1v) is 26.7. The lowest BCUT2D eigenvalue weighted by Crippen LogP contribution is -2.22. The lowest BCUT2D eigenvalue weighted by atomic mass is 9.86. The van der Waals surface area contributed by atoms with Crippen LogP contribution < -0.4 is 14.7 Å². The number of anilines is 8. The molecule has 0 saturated carbocycles. The largest absolute Gasteiger partial charge is 0.310 e. The normalized spacial score (nSPS) is 15.6. The summed E-state index contributed by atoms with van der Waals surface area (Å²) in [6, 6.07) is 62.5. The van der Waals surface area contributed by atoms with E-state index in [1.807, 2.05) is 11.8 Å². The highest BCUT2D eigenvalue weighted by atomic mass is 35.5. The molecular weight excluding hydrogens is 914 g/mol. The van der Waals surface area contributed by atoms with Gasteiger partial charge in [-0.25, -0.2) is 0 Å². The van der Waals surface area contributed by atoms with E-state index in [9.17, 15) is 0 Å². The molecule has 10 rings (SSSR count). The maximum Gasteiger partial charge on any atom is 0.0887 e. The molecule has 364 valence electrons. The van der Waals surface area contributed by atoms with E-state index in [4.69, 9.17) is 11.6 Å². The summed E-state index contributed by atoms with van der Waals surface area (Å²) in [4.78, 5) is 8.56. The van der Waals surface area contributed by atoms with Gasteiger partial charge in [-0.15, -0.1) is 0 Å². The first-order valence-electron chi connectivity index (χ1n) is 25.5. The Labute approximate surface area is 439 Å². The Kier molecular flexibility index (Phi) is 12.7. The maximum absolute atomic E-state index is 8.11. The van der Waals surface area contributed by atoms with Crippen molar-refractivity contribution >= 4 is 74.4 Å². The van der Waals surface area contributed by atoms with Crippen LogP contribution in [0.25, 0.3) is 5.57 Å². The lowest BCUT2D eigenvalue weighted by Gasteiger charge is -2.35.